The van der Waals surface area contributed by atoms with Crippen LogP contribution in [0.5, 0.6) is 0 Å². The van der Waals surface area contributed by atoms with E-state index in [1.54, 1.807) is 13.0 Å². The van der Waals surface area contributed by atoms with E-state index >= 15 is 0 Å². The highest BCUT2D eigenvalue weighted by Crippen LogP contribution is 2.40. The molecule has 0 bridgehead atoms. The Balaban J connectivity index is 2.10. The van der Waals surface area contributed by atoms with Crippen molar-refractivity contribution in [1.29, 1.82) is 5.26 Å². The second-order valence-corrected chi connectivity index (χ2v) is 6.08. The van der Waals surface area contributed by atoms with Crippen LogP contribution in [0.25, 0.3) is 6.08 Å². The van der Waals surface area contributed by atoms with Gasteiger partial charge in [-0.15, -0.1) is 0 Å². The average Bonchev–Trinajstić information content (AvgIpc) is 2.73. The van der Waals surface area contributed by atoms with Gasteiger partial charge in [0, 0.05) is 0 Å². The summed E-state index contributed by atoms with van der Waals surface area (Å²) in [7, 11) is 0. The number of benzene rings is 2. The largest absolute Gasteiger partial charge is 0.462 e. The first-order valence-corrected chi connectivity index (χ1v) is 8.92. The monoisotopic (exact) mass is 372 g/mol. The van der Waals surface area contributed by atoms with E-state index in [0.29, 0.717) is 11.3 Å². The molecule has 1 unspecified atom stereocenters. The molecule has 2 aromatic rings. The summed E-state index contributed by atoms with van der Waals surface area (Å²) in [5.41, 5.74) is 8.25. The van der Waals surface area contributed by atoms with Crippen LogP contribution in [0.15, 0.2) is 89.5 Å². The molecule has 0 fully saturated rings. The quantitative estimate of drug-likeness (QED) is 0.801. The lowest BCUT2D eigenvalue weighted by Gasteiger charge is -2.27. The highest BCUT2D eigenvalue weighted by molar-refractivity contribution is 5.92. The Morgan fingerprint density at radius 1 is 1.14 bits per heavy atom. The minimum absolute atomic E-state index is 0.0565. The Hall–Kier alpha value is -3.78. The van der Waals surface area contributed by atoms with E-state index < -0.39 is 11.9 Å². The van der Waals surface area contributed by atoms with E-state index in [2.05, 4.69) is 6.07 Å². The zero-order valence-electron chi connectivity index (χ0n) is 15.5. The van der Waals surface area contributed by atoms with Crippen molar-refractivity contribution < 1.29 is 14.3 Å². The molecule has 0 aromatic heterocycles. The number of carbonyl (C=O) groups excluding carboxylic acids is 1. The molecule has 140 valence electrons. The van der Waals surface area contributed by atoms with Crippen LogP contribution in [-0.4, -0.2) is 12.6 Å². The number of rotatable bonds is 5. The number of esters is 1. The Bertz CT molecular complexity index is 984. The third-order valence-electron chi connectivity index (χ3n) is 4.30. The third kappa shape index (κ3) is 3.97. The predicted octanol–water partition coefficient (Wildman–Crippen LogP) is 4.02. The third-order valence-corrected chi connectivity index (χ3v) is 4.30. The van der Waals surface area contributed by atoms with Gasteiger partial charge < -0.3 is 15.2 Å². The van der Waals surface area contributed by atoms with Crippen molar-refractivity contribution in [3.8, 4) is 6.07 Å². The van der Waals surface area contributed by atoms with Crippen molar-refractivity contribution in [3.63, 3.8) is 0 Å². The molecule has 1 aliphatic heterocycles. The molecule has 28 heavy (non-hydrogen) atoms. The van der Waals surface area contributed by atoms with Crippen LogP contribution in [0.2, 0.25) is 0 Å². The van der Waals surface area contributed by atoms with E-state index in [0.717, 1.165) is 11.1 Å². The van der Waals surface area contributed by atoms with Gasteiger partial charge in [0.1, 0.15) is 11.3 Å². The standard InChI is InChI=1S/C23H20N2O3/c1-2-27-23(26)21-20(17-11-7-4-8-12-17)18(15-24)19(28-22(21)25)14-13-16-9-5-3-6-10-16/h3-14,20H,2,25H2,1H3. The van der Waals surface area contributed by atoms with Gasteiger partial charge in [0.15, 0.2) is 0 Å². The Morgan fingerprint density at radius 3 is 2.39 bits per heavy atom. The van der Waals surface area contributed by atoms with Gasteiger partial charge >= 0.3 is 5.97 Å². The number of ether oxygens (including phenoxy) is 2. The van der Waals surface area contributed by atoms with Gasteiger partial charge in [0.25, 0.3) is 0 Å². The van der Waals surface area contributed by atoms with E-state index in [1.165, 1.54) is 0 Å². The summed E-state index contributed by atoms with van der Waals surface area (Å²) in [6.07, 6.45) is 3.52. The maximum absolute atomic E-state index is 12.5. The van der Waals surface area contributed by atoms with Gasteiger partial charge in [-0.1, -0.05) is 66.7 Å². The van der Waals surface area contributed by atoms with E-state index in [-0.39, 0.29) is 18.1 Å². The maximum Gasteiger partial charge on any atom is 0.340 e. The SMILES string of the molecule is CCOC(=O)C1=C(N)OC(C=Cc2ccccc2)=C(C#N)C1c1ccccc1. The molecule has 0 amide bonds. The van der Waals surface area contributed by atoms with Crippen LogP contribution in [0.1, 0.15) is 24.0 Å². The normalized spacial score (nSPS) is 16.6. The minimum Gasteiger partial charge on any atom is -0.462 e. The van der Waals surface area contributed by atoms with Crippen molar-refractivity contribution in [2.24, 2.45) is 5.73 Å². The lowest BCUT2D eigenvalue weighted by Crippen LogP contribution is -2.26. The molecular weight excluding hydrogens is 352 g/mol. The van der Waals surface area contributed by atoms with Crippen molar-refractivity contribution in [2.75, 3.05) is 6.61 Å². The summed E-state index contributed by atoms with van der Waals surface area (Å²) in [6.45, 7) is 1.91. The molecule has 0 aliphatic carbocycles. The lowest BCUT2D eigenvalue weighted by molar-refractivity contribution is -0.139. The van der Waals surface area contributed by atoms with Crippen molar-refractivity contribution in [1.82, 2.24) is 0 Å². The molecule has 1 heterocycles. The summed E-state index contributed by atoms with van der Waals surface area (Å²) in [5.74, 6) is -0.994. The molecule has 2 N–H and O–H groups in total. The first-order chi connectivity index (χ1) is 13.7. The number of nitriles is 1. The summed E-state index contributed by atoms with van der Waals surface area (Å²) in [5, 5.41) is 9.87. The van der Waals surface area contributed by atoms with Gasteiger partial charge in [-0.2, -0.15) is 5.26 Å². The first kappa shape index (κ1) is 19.0. The lowest BCUT2D eigenvalue weighted by atomic mass is 9.83. The molecular formula is C23H20N2O3. The Morgan fingerprint density at radius 2 is 1.79 bits per heavy atom. The molecule has 0 saturated heterocycles. The van der Waals surface area contributed by atoms with Crippen LogP contribution >= 0.6 is 0 Å². The summed E-state index contributed by atoms with van der Waals surface area (Å²) >= 11 is 0. The average molecular weight is 372 g/mol. The Kier molecular flexibility index (Phi) is 5.93. The Labute approximate surface area is 164 Å². The highest BCUT2D eigenvalue weighted by atomic mass is 16.5. The molecule has 0 spiro atoms. The summed E-state index contributed by atoms with van der Waals surface area (Å²) in [6, 6.07) is 21.1. The molecule has 0 saturated carbocycles. The van der Waals surface area contributed by atoms with Gasteiger partial charge in [-0.05, 0) is 24.1 Å². The second-order valence-electron chi connectivity index (χ2n) is 6.08. The number of hydrogen-bond donors (Lipinski definition) is 1. The number of nitrogens with zero attached hydrogens (tertiary/aromatic N) is 1. The summed E-state index contributed by atoms with van der Waals surface area (Å²) < 4.78 is 10.8. The van der Waals surface area contributed by atoms with Crippen LogP contribution in [0.3, 0.4) is 0 Å². The van der Waals surface area contributed by atoms with Crippen LogP contribution in [0.4, 0.5) is 0 Å². The number of allylic oxidation sites excluding steroid dienone is 2. The minimum atomic E-state index is -0.658. The first-order valence-electron chi connectivity index (χ1n) is 8.92. The van der Waals surface area contributed by atoms with Crippen LogP contribution < -0.4 is 5.73 Å². The van der Waals surface area contributed by atoms with Gasteiger partial charge in [-0.3, -0.25) is 0 Å². The van der Waals surface area contributed by atoms with Gasteiger partial charge in [-0.25, -0.2) is 4.79 Å². The molecule has 5 nitrogen and oxygen atoms in total. The summed E-state index contributed by atoms with van der Waals surface area (Å²) in [4.78, 5) is 12.5. The van der Waals surface area contributed by atoms with E-state index in [4.69, 9.17) is 15.2 Å². The van der Waals surface area contributed by atoms with Gasteiger partial charge in [0.2, 0.25) is 5.88 Å². The maximum atomic E-state index is 12.5. The number of hydrogen-bond acceptors (Lipinski definition) is 5. The van der Waals surface area contributed by atoms with Crippen molar-refractivity contribution >= 4 is 12.0 Å². The zero-order chi connectivity index (χ0) is 19.9. The fourth-order valence-electron chi connectivity index (χ4n) is 3.04. The predicted molar refractivity (Wildman–Crippen MR) is 106 cm³/mol. The highest BCUT2D eigenvalue weighted by Gasteiger charge is 2.36. The van der Waals surface area contributed by atoms with Crippen molar-refractivity contribution in [3.05, 3.63) is 101 Å². The fraction of sp³-hybridized carbons (Fsp3) is 0.130. The fourth-order valence-corrected chi connectivity index (χ4v) is 3.04. The molecule has 0 radical (unpaired) electrons. The van der Waals surface area contributed by atoms with Crippen LogP contribution in [-0.2, 0) is 14.3 Å². The smallest absolute Gasteiger partial charge is 0.340 e. The van der Waals surface area contributed by atoms with Crippen LogP contribution in [0, 0.1) is 11.3 Å². The number of nitrogens with two attached hydrogens (primary N) is 1. The molecule has 1 aliphatic rings. The second kappa shape index (κ2) is 8.74. The molecule has 5 heteroatoms. The molecule has 3 rings (SSSR count). The number of carbonyl (C=O) groups is 1. The molecule has 1 atom stereocenters. The molecule has 2 aromatic carbocycles. The van der Waals surface area contributed by atoms with Gasteiger partial charge in [0.05, 0.1) is 24.2 Å². The van der Waals surface area contributed by atoms with E-state index in [1.807, 2.05) is 66.7 Å². The zero-order valence-corrected chi connectivity index (χ0v) is 15.5. The van der Waals surface area contributed by atoms with E-state index in [9.17, 15) is 10.1 Å². The topological polar surface area (TPSA) is 85.3 Å². The van der Waals surface area contributed by atoms with Crippen molar-refractivity contribution in [2.45, 2.75) is 12.8 Å².